The van der Waals surface area contributed by atoms with Crippen LogP contribution in [0.3, 0.4) is 0 Å². The fraction of sp³-hybridized carbons (Fsp3) is 0.200. The minimum Gasteiger partial charge on any atom is -0.271 e. The molecule has 2 aromatic rings. The molecule has 0 radical (unpaired) electrons. The minimum atomic E-state index is -0.437. The van der Waals surface area contributed by atoms with Gasteiger partial charge in [0.2, 0.25) is 0 Å². The first-order chi connectivity index (χ1) is 9.06. The van der Waals surface area contributed by atoms with Crippen LogP contribution in [0.5, 0.6) is 0 Å². The Bertz CT molecular complexity index is 547. The second kappa shape index (κ2) is 5.70. The summed E-state index contributed by atoms with van der Waals surface area (Å²) in [5, 5.41) is 0.100. The Balaban J connectivity index is 2.57. The second-order valence-electron chi connectivity index (χ2n) is 4.53. The summed E-state index contributed by atoms with van der Waals surface area (Å²) in [5.74, 6) is 5.18. The Morgan fingerprint density at radius 2 is 1.74 bits per heavy atom. The van der Waals surface area contributed by atoms with Crippen LogP contribution in [0.25, 0.3) is 0 Å². The average Bonchev–Trinajstić information content (AvgIpc) is 2.40. The van der Waals surface area contributed by atoms with Crippen molar-refractivity contribution in [2.45, 2.75) is 19.9 Å². The SMILES string of the molecule is Cc1cccc(C(NN)c2cccc(Cl)c2F)c1C. The number of hydrazine groups is 1. The lowest BCUT2D eigenvalue weighted by molar-refractivity contribution is 0.559. The average molecular weight is 279 g/mol. The van der Waals surface area contributed by atoms with Gasteiger partial charge in [0.25, 0.3) is 0 Å². The Hall–Kier alpha value is -1.42. The third-order valence-corrected chi connectivity index (χ3v) is 3.71. The summed E-state index contributed by atoms with van der Waals surface area (Å²) in [6.45, 7) is 4.01. The van der Waals surface area contributed by atoms with Gasteiger partial charge in [-0.3, -0.25) is 5.84 Å². The van der Waals surface area contributed by atoms with Crippen molar-refractivity contribution in [3.63, 3.8) is 0 Å². The van der Waals surface area contributed by atoms with E-state index in [0.29, 0.717) is 5.56 Å². The minimum absolute atomic E-state index is 0.100. The molecule has 0 bridgehead atoms. The molecule has 100 valence electrons. The number of halogens is 2. The molecule has 0 amide bonds. The van der Waals surface area contributed by atoms with E-state index < -0.39 is 11.9 Å². The maximum absolute atomic E-state index is 14.1. The Morgan fingerprint density at radius 1 is 1.11 bits per heavy atom. The molecule has 0 saturated carbocycles. The number of aryl methyl sites for hydroxylation is 1. The maximum Gasteiger partial charge on any atom is 0.146 e. The molecule has 3 N–H and O–H groups in total. The zero-order chi connectivity index (χ0) is 14.0. The van der Waals surface area contributed by atoms with E-state index in [2.05, 4.69) is 5.43 Å². The van der Waals surface area contributed by atoms with Gasteiger partial charge in [-0.1, -0.05) is 41.9 Å². The summed E-state index contributed by atoms with van der Waals surface area (Å²) < 4.78 is 14.1. The van der Waals surface area contributed by atoms with E-state index in [9.17, 15) is 4.39 Å². The van der Waals surface area contributed by atoms with Crippen LogP contribution in [0.15, 0.2) is 36.4 Å². The van der Waals surface area contributed by atoms with E-state index in [1.807, 2.05) is 32.0 Å². The lowest BCUT2D eigenvalue weighted by atomic mass is 9.93. The van der Waals surface area contributed by atoms with Gasteiger partial charge in [0.15, 0.2) is 0 Å². The van der Waals surface area contributed by atoms with Gasteiger partial charge in [-0.05, 0) is 36.6 Å². The fourth-order valence-electron chi connectivity index (χ4n) is 2.18. The summed E-state index contributed by atoms with van der Waals surface area (Å²) in [5.41, 5.74) is 6.29. The molecule has 1 unspecified atom stereocenters. The number of hydrogen-bond donors (Lipinski definition) is 2. The number of hydrogen-bond acceptors (Lipinski definition) is 2. The first-order valence-electron chi connectivity index (χ1n) is 6.02. The smallest absolute Gasteiger partial charge is 0.146 e. The van der Waals surface area contributed by atoms with Crippen LogP contribution in [0.1, 0.15) is 28.3 Å². The van der Waals surface area contributed by atoms with Crippen molar-refractivity contribution in [1.82, 2.24) is 5.43 Å². The number of benzene rings is 2. The van der Waals surface area contributed by atoms with Crippen LogP contribution in [0.2, 0.25) is 5.02 Å². The Morgan fingerprint density at radius 3 is 2.42 bits per heavy atom. The predicted octanol–water partition coefficient (Wildman–Crippen LogP) is 3.65. The van der Waals surface area contributed by atoms with E-state index in [4.69, 9.17) is 17.4 Å². The van der Waals surface area contributed by atoms with Crippen molar-refractivity contribution in [2.75, 3.05) is 0 Å². The first-order valence-corrected chi connectivity index (χ1v) is 6.40. The van der Waals surface area contributed by atoms with E-state index in [1.54, 1.807) is 12.1 Å². The van der Waals surface area contributed by atoms with Crippen LogP contribution in [0, 0.1) is 19.7 Å². The standard InChI is InChI=1S/C15H16ClFN2/c1-9-5-3-6-11(10(9)2)15(19-18)12-7-4-8-13(16)14(12)17/h3-8,15,19H,18H2,1-2H3. The lowest BCUT2D eigenvalue weighted by Crippen LogP contribution is -2.30. The van der Waals surface area contributed by atoms with Gasteiger partial charge in [0.05, 0.1) is 11.1 Å². The van der Waals surface area contributed by atoms with Gasteiger partial charge in [-0.2, -0.15) is 0 Å². The molecule has 0 spiro atoms. The normalized spacial score (nSPS) is 12.5. The highest BCUT2D eigenvalue weighted by Crippen LogP contribution is 2.30. The van der Waals surface area contributed by atoms with Crippen molar-refractivity contribution >= 4 is 11.6 Å². The highest BCUT2D eigenvalue weighted by molar-refractivity contribution is 6.30. The van der Waals surface area contributed by atoms with E-state index in [1.165, 1.54) is 6.07 Å². The van der Waals surface area contributed by atoms with Crippen molar-refractivity contribution in [3.05, 3.63) is 69.5 Å². The fourth-order valence-corrected chi connectivity index (χ4v) is 2.36. The molecule has 2 aromatic carbocycles. The number of rotatable bonds is 3. The molecule has 19 heavy (non-hydrogen) atoms. The van der Waals surface area contributed by atoms with E-state index in [-0.39, 0.29) is 5.02 Å². The van der Waals surface area contributed by atoms with Crippen molar-refractivity contribution in [3.8, 4) is 0 Å². The zero-order valence-corrected chi connectivity index (χ0v) is 11.6. The molecule has 1 atom stereocenters. The van der Waals surface area contributed by atoms with Crippen molar-refractivity contribution < 1.29 is 4.39 Å². The van der Waals surface area contributed by atoms with Crippen LogP contribution in [0.4, 0.5) is 4.39 Å². The summed E-state index contributed by atoms with van der Waals surface area (Å²) in [6.07, 6.45) is 0. The molecule has 0 aliphatic carbocycles. The van der Waals surface area contributed by atoms with Crippen LogP contribution < -0.4 is 11.3 Å². The van der Waals surface area contributed by atoms with Gasteiger partial charge < -0.3 is 0 Å². The summed E-state index contributed by atoms with van der Waals surface area (Å²) in [4.78, 5) is 0. The quantitative estimate of drug-likeness (QED) is 0.664. The maximum atomic E-state index is 14.1. The molecular weight excluding hydrogens is 263 g/mol. The molecule has 0 fully saturated rings. The first kappa shape index (κ1) is 14.0. The Kier molecular flexibility index (Phi) is 4.20. The lowest BCUT2D eigenvalue weighted by Gasteiger charge is -2.21. The van der Waals surface area contributed by atoms with Gasteiger partial charge in [0, 0.05) is 5.56 Å². The monoisotopic (exact) mass is 278 g/mol. The van der Waals surface area contributed by atoms with E-state index in [0.717, 1.165) is 16.7 Å². The van der Waals surface area contributed by atoms with Crippen molar-refractivity contribution in [2.24, 2.45) is 5.84 Å². The molecule has 0 saturated heterocycles. The second-order valence-corrected chi connectivity index (χ2v) is 4.94. The molecule has 4 heteroatoms. The molecule has 2 rings (SSSR count). The summed E-state index contributed by atoms with van der Waals surface area (Å²) >= 11 is 5.83. The molecule has 0 heterocycles. The third-order valence-electron chi connectivity index (χ3n) is 3.42. The zero-order valence-electron chi connectivity index (χ0n) is 10.9. The predicted molar refractivity (Wildman–Crippen MR) is 76.5 cm³/mol. The summed E-state index contributed by atoms with van der Waals surface area (Å²) in [7, 11) is 0. The van der Waals surface area contributed by atoms with Gasteiger partial charge in [-0.15, -0.1) is 0 Å². The summed E-state index contributed by atoms with van der Waals surface area (Å²) in [6, 6.07) is 10.4. The number of nitrogens with two attached hydrogens (primary N) is 1. The molecule has 2 nitrogen and oxygen atoms in total. The third kappa shape index (κ3) is 2.63. The highest BCUT2D eigenvalue weighted by atomic mass is 35.5. The van der Waals surface area contributed by atoms with E-state index >= 15 is 0 Å². The highest BCUT2D eigenvalue weighted by Gasteiger charge is 2.20. The van der Waals surface area contributed by atoms with Crippen LogP contribution in [-0.4, -0.2) is 0 Å². The van der Waals surface area contributed by atoms with Gasteiger partial charge >= 0.3 is 0 Å². The molecule has 0 aromatic heterocycles. The topological polar surface area (TPSA) is 38.0 Å². The molecular formula is C15H16ClFN2. The van der Waals surface area contributed by atoms with Gasteiger partial charge in [-0.25, -0.2) is 9.82 Å². The van der Waals surface area contributed by atoms with Crippen LogP contribution in [-0.2, 0) is 0 Å². The Labute approximate surface area is 117 Å². The van der Waals surface area contributed by atoms with Crippen LogP contribution >= 0.6 is 11.6 Å². The van der Waals surface area contributed by atoms with Gasteiger partial charge in [0.1, 0.15) is 5.82 Å². The molecule has 0 aliphatic rings. The number of nitrogens with one attached hydrogen (secondary N) is 1. The largest absolute Gasteiger partial charge is 0.271 e. The molecule has 0 aliphatic heterocycles. The van der Waals surface area contributed by atoms with Crippen molar-refractivity contribution in [1.29, 1.82) is 0 Å².